The van der Waals surface area contributed by atoms with Gasteiger partial charge in [0.25, 0.3) is 0 Å². The second-order valence-corrected chi connectivity index (χ2v) is 7.19. The highest BCUT2D eigenvalue weighted by molar-refractivity contribution is 5.32. The highest BCUT2D eigenvalue weighted by Crippen LogP contribution is 2.35. The Hall–Kier alpha value is -0.820. The Morgan fingerprint density at radius 3 is 2.37 bits per heavy atom. The van der Waals surface area contributed by atoms with Crippen molar-refractivity contribution in [3.8, 4) is 0 Å². The van der Waals surface area contributed by atoms with Crippen molar-refractivity contribution in [2.45, 2.75) is 72.4 Å². The molecule has 0 amide bonds. The smallest absolute Gasteiger partial charge is 0.0296 e. The van der Waals surface area contributed by atoms with Gasteiger partial charge in [-0.3, -0.25) is 0 Å². The van der Waals surface area contributed by atoms with Gasteiger partial charge in [0, 0.05) is 12.1 Å². The third kappa shape index (κ3) is 3.82. The van der Waals surface area contributed by atoms with Gasteiger partial charge < -0.3 is 5.32 Å². The van der Waals surface area contributed by atoms with Gasteiger partial charge in [-0.1, -0.05) is 37.6 Å². The number of nitrogens with one attached hydrogen (secondary N) is 1. The molecule has 0 radical (unpaired) electrons. The molecule has 0 saturated heterocycles. The zero-order valence-electron chi connectivity index (χ0n) is 13.2. The van der Waals surface area contributed by atoms with E-state index in [1.807, 2.05) is 0 Å². The highest BCUT2D eigenvalue weighted by atomic mass is 14.9. The first-order valence-electron chi connectivity index (χ1n) is 7.71. The molecule has 2 rings (SSSR count). The van der Waals surface area contributed by atoms with Crippen molar-refractivity contribution < 1.29 is 0 Å². The lowest BCUT2D eigenvalue weighted by Crippen LogP contribution is -2.37. The molecule has 1 nitrogen and oxygen atoms in total. The lowest BCUT2D eigenvalue weighted by atomic mass is 9.75. The summed E-state index contributed by atoms with van der Waals surface area (Å²) in [6, 6.07) is 7.97. The van der Waals surface area contributed by atoms with E-state index in [9.17, 15) is 0 Å². The lowest BCUT2D eigenvalue weighted by molar-refractivity contribution is 0.200. The second kappa shape index (κ2) is 5.66. The summed E-state index contributed by atoms with van der Waals surface area (Å²) in [5.41, 5.74) is 4.78. The van der Waals surface area contributed by atoms with Crippen LogP contribution in [0.3, 0.4) is 0 Å². The van der Waals surface area contributed by atoms with E-state index in [0.717, 1.165) is 0 Å². The van der Waals surface area contributed by atoms with Crippen molar-refractivity contribution in [3.05, 3.63) is 34.9 Å². The minimum Gasteiger partial charge on any atom is -0.307 e. The van der Waals surface area contributed by atoms with Gasteiger partial charge in [0.05, 0.1) is 0 Å². The van der Waals surface area contributed by atoms with E-state index < -0.39 is 0 Å². The Morgan fingerprint density at radius 1 is 1.16 bits per heavy atom. The maximum absolute atomic E-state index is 3.83. The third-order valence-corrected chi connectivity index (χ3v) is 4.72. The summed E-state index contributed by atoms with van der Waals surface area (Å²) in [6.07, 6.45) is 5.35. The quantitative estimate of drug-likeness (QED) is 0.812. The van der Waals surface area contributed by atoms with Crippen LogP contribution in [-0.4, -0.2) is 6.04 Å². The summed E-state index contributed by atoms with van der Waals surface area (Å²) in [6.45, 7) is 11.5. The van der Waals surface area contributed by atoms with Gasteiger partial charge >= 0.3 is 0 Å². The number of hydrogen-bond acceptors (Lipinski definition) is 1. The van der Waals surface area contributed by atoms with E-state index in [1.165, 1.54) is 42.4 Å². The first-order chi connectivity index (χ1) is 8.87. The highest BCUT2D eigenvalue weighted by Gasteiger charge is 2.27. The molecule has 1 N–H and O–H groups in total. The molecule has 1 aromatic carbocycles. The van der Waals surface area contributed by atoms with Gasteiger partial charge in [-0.25, -0.2) is 0 Å². The molecule has 0 heterocycles. The Balaban J connectivity index is 1.96. The predicted molar refractivity (Wildman–Crippen MR) is 83.5 cm³/mol. The van der Waals surface area contributed by atoms with Crippen LogP contribution >= 0.6 is 0 Å². The Labute approximate surface area is 118 Å². The standard InChI is InChI=1S/C18H29N/c1-13-6-7-17(14(2)12-13)15(3)19-16-8-10-18(4,5)11-9-16/h6-7,12,15-16,19H,8-11H2,1-5H3. The average Bonchev–Trinajstić information content (AvgIpc) is 2.31. The van der Waals surface area contributed by atoms with Crippen LogP contribution in [0.5, 0.6) is 0 Å². The Morgan fingerprint density at radius 2 is 1.79 bits per heavy atom. The fraction of sp³-hybridized carbons (Fsp3) is 0.667. The molecule has 1 heteroatoms. The summed E-state index contributed by atoms with van der Waals surface area (Å²) >= 11 is 0. The van der Waals surface area contributed by atoms with Crippen molar-refractivity contribution >= 4 is 0 Å². The van der Waals surface area contributed by atoms with Crippen molar-refractivity contribution in [2.75, 3.05) is 0 Å². The first kappa shape index (κ1) is 14.6. The van der Waals surface area contributed by atoms with Gasteiger partial charge in [0.2, 0.25) is 0 Å². The molecular formula is C18H29N. The molecule has 1 aliphatic rings. The number of benzene rings is 1. The van der Waals surface area contributed by atoms with E-state index in [-0.39, 0.29) is 0 Å². The fourth-order valence-electron chi connectivity index (χ4n) is 3.32. The molecule has 0 bridgehead atoms. The van der Waals surface area contributed by atoms with E-state index in [4.69, 9.17) is 0 Å². The van der Waals surface area contributed by atoms with Gasteiger partial charge in [0.1, 0.15) is 0 Å². The van der Waals surface area contributed by atoms with Gasteiger partial charge in [-0.05, 0) is 63.0 Å². The third-order valence-electron chi connectivity index (χ3n) is 4.72. The van der Waals surface area contributed by atoms with Crippen molar-refractivity contribution in [3.63, 3.8) is 0 Å². The second-order valence-electron chi connectivity index (χ2n) is 7.19. The zero-order chi connectivity index (χ0) is 14.0. The van der Waals surface area contributed by atoms with Crippen molar-refractivity contribution in [2.24, 2.45) is 5.41 Å². The van der Waals surface area contributed by atoms with Gasteiger partial charge in [-0.2, -0.15) is 0 Å². The van der Waals surface area contributed by atoms with E-state index in [2.05, 4.69) is 58.1 Å². The minimum absolute atomic E-state index is 0.465. The number of rotatable bonds is 3. The summed E-state index contributed by atoms with van der Waals surface area (Å²) in [7, 11) is 0. The van der Waals surface area contributed by atoms with Crippen molar-refractivity contribution in [1.82, 2.24) is 5.32 Å². The summed E-state index contributed by atoms with van der Waals surface area (Å²) < 4.78 is 0. The molecule has 0 aliphatic heterocycles. The van der Waals surface area contributed by atoms with Crippen LogP contribution in [-0.2, 0) is 0 Å². The predicted octanol–water partition coefficient (Wildman–Crippen LogP) is 4.92. The van der Waals surface area contributed by atoms with Crippen LogP contribution in [0.1, 0.15) is 69.2 Å². The maximum Gasteiger partial charge on any atom is 0.0296 e. The fourth-order valence-corrected chi connectivity index (χ4v) is 3.32. The number of aryl methyl sites for hydroxylation is 2. The lowest BCUT2D eigenvalue weighted by Gasteiger charge is -2.36. The molecule has 1 atom stereocenters. The topological polar surface area (TPSA) is 12.0 Å². The Kier molecular flexibility index (Phi) is 4.35. The average molecular weight is 259 g/mol. The molecule has 1 unspecified atom stereocenters. The van der Waals surface area contributed by atoms with Crippen LogP contribution in [0.4, 0.5) is 0 Å². The van der Waals surface area contributed by atoms with Gasteiger partial charge in [0.15, 0.2) is 0 Å². The molecule has 106 valence electrons. The zero-order valence-corrected chi connectivity index (χ0v) is 13.2. The molecule has 1 fully saturated rings. The van der Waals surface area contributed by atoms with Crippen LogP contribution in [0, 0.1) is 19.3 Å². The minimum atomic E-state index is 0.465. The van der Waals surface area contributed by atoms with E-state index in [0.29, 0.717) is 17.5 Å². The largest absolute Gasteiger partial charge is 0.307 e. The van der Waals surface area contributed by atoms with Gasteiger partial charge in [-0.15, -0.1) is 0 Å². The molecule has 19 heavy (non-hydrogen) atoms. The van der Waals surface area contributed by atoms with Crippen LogP contribution < -0.4 is 5.32 Å². The molecule has 1 saturated carbocycles. The summed E-state index contributed by atoms with van der Waals surface area (Å²) in [5.74, 6) is 0. The normalized spacial score (nSPS) is 21.3. The van der Waals surface area contributed by atoms with Crippen LogP contribution in [0.2, 0.25) is 0 Å². The summed E-state index contributed by atoms with van der Waals surface area (Å²) in [4.78, 5) is 0. The monoisotopic (exact) mass is 259 g/mol. The maximum atomic E-state index is 3.83. The summed E-state index contributed by atoms with van der Waals surface area (Å²) in [5, 5.41) is 3.83. The first-order valence-corrected chi connectivity index (χ1v) is 7.71. The van der Waals surface area contributed by atoms with E-state index >= 15 is 0 Å². The van der Waals surface area contributed by atoms with Crippen LogP contribution in [0.15, 0.2) is 18.2 Å². The molecular weight excluding hydrogens is 230 g/mol. The number of hydrogen-bond donors (Lipinski definition) is 1. The molecule has 0 aromatic heterocycles. The SMILES string of the molecule is Cc1ccc(C(C)NC2CCC(C)(C)CC2)c(C)c1. The van der Waals surface area contributed by atoms with Crippen LogP contribution in [0.25, 0.3) is 0 Å². The van der Waals surface area contributed by atoms with Crippen molar-refractivity contribution in [1.29, 1.82) is 0 Å². The molecule has 1 aromatic rings. The van der Waals surface area contributed by atoms with E-state index in [1.54, 1.807) is 0 Å². The molecule has 0 spiro atoms. The Bertz CT molecular complexity index is 423. The molecule has 1 aliphatic carbocycles.